The van der Waals surface area contributed by atoms with Gasteiger partial charge in [0.2, 0.25) is 0 Å². The minimum absolute atomic E-state index is 0.0356. The number of aromatic nitrogens is 1. The fraction of sp³-hybridized carbons (Fsp3) is 0. The van der Waals surface area contributed by atoms with Gasteiger partial charge < -0.3 is 14.9 Å². The molecule has 0 bridgehead atoms. The minimum Gasteiger partial charge on any atom is -0.507 e. The van der Waals surface area contributed by atoms with Crippen molar-refractivity contribution < 1.29 is 14.4 Å². The number of halogens is 2. The third kappa shape index (κ3) is 3.31. The van der Waals surface area contributed by atoms with Gasteiger partial charge in [-0.05, 0) is 30.3 Å². The molecule has 0 saturated carbocycles. The predicted molar refractivity (Wildman–Crippen MR) is 88.0 cm³/mol. The first-order chi connectivity index (χ1) is 11.0. The molecule has 23 heavy (non-hydrogen) atoms. The molecule has 3 rings (SSSR count). The lowest BCUT2D eigenvalue weighted by atomic mass is 10.1. The summed E-state index contributed by atoms with van der Waals surface area (Å²) in [7, 11) is 0. The first kappa shape index (κ1) is 15.4. The fourth-order valence-electron chi connectivity index (χ4n) is 1.97. The van der Waals surface area contributed by atoms with E-state index in [1.54, 1.807) is 30.3 Å². The number of carbonyl (C=O) groups excluding carboxylic acids is 1. The van der Waals surface area contributed by atoms with Crippen molar-refractivity contribution in [3.8, 4) is 17.1 Å². The summed E-state index contributed by atoms with van der Waals surface area (Å²) in [5.74, 6) is -0.182. The zero-order valence-corrected chi connectivity index (χ0v) is 13.1. The number of phenols is 1. The van der Waals surface area contributed by atoms with Crippen LogP contribution in [0.2, 0.25) is 10.0 Å². The van der Waals surface area contributed by atoms with Gasteiger partial charge in [-0.15, -0.1) is 0 Å². The Kier molecular flexibility index (Phi) is 4.23. The van der Waals surface area contributed by atoms with Crippen LogP contribution in [-0.2, 0) is 0 Å². The van der Waals surface area contributed by atoms with Gasteiger partial charge in [-0.1, -0.05) is 40.5 Å². The number of para-hydroxylation sites is 1. The normalized spacial score (nSPS) is 10.5. The van der Waals surface area contributed by atoms with Crippen LogP contribution in [-0.4, -0.2) is 16.2 Å². The van der Waals surface area contributed by atoms with E-state index in [0.29, 0.717) is 21.3 Å². The van der Waals surface area contributed by atoms with Crippen LogP contribution in [0, 0.1) is 0 Å². The summed E-state index contributed by atoms with van der Waals surface area (Å²) < 4.78 is 5.11. The molecule has 0 aliphatic rings. The van der Waals surface area contributed by atoms with E-state index >= 15 is 0 Å². The highest BCUT2D eigenvalue weighted by Crippen LogP contribution is 2.30. The lowest BCUT2D eigenvalue weighted by molar-refractivity contribution is 0.101. The van der Waals surface area contributed by atoms with E-state index in [9.17, 15) is 9.90 Å². The molecule has 1 heterocycles. The topological polar surface area (TPSA) is 75.4 Å². The van der Waals surface area contributed by atoms with E-state index in [4.69, 9.17) is 27.7 Å². The summed E-state index contributed by atoms with van der Waals surface area (Å²) in [6.45, 7) is 0. The number of hydrogen-bond acceptors (Lipinski definition) is 4. The highest BCUT2D eigenvalue weighted by molar-refractivity contribution is 6.35. The first-order valence-corrected chi connectivity index (χ1v) is 7.31. The Morgan fingerprint density at radius 1 is 1.13 bits per heavy atom. The van der Waals surface area contributed by atoms with Gasteiger partial charge in [-0.2, -0.15) is 0 Å². The number of benzene rings is 2. The van der Waals surface area contributed by atoms with Crippen LogP contribution in [0.25, 0.3) is 11.3 Å². The van der Waals surface area contributed by atoms with Crippen LogP contribution < -0.4 is 5.32 Å². The molecule has 1 aromatic heterocycles. The van der Waals surface area contributed by atoms with Crippen LogP contribution in [0.1, 0.15) is 10.5 Å². The third-order valence-electron chi connectivity index (χ3n) is 3.09. The summed E-state index contributed by atoms with van der Waals surface area (Å²) >= 11 is 11.9. The van der Waals surface area contributed by atoms with E-state index in [-0.39, 0.29) is 17.2 Å². The monoisotopic (exact) mass is 348 g/mol. The zero-order chi connectivity index (χ0) is 16.4. The minimum atomic E-state index is -0.500. The van der Waals surface area contributed by atoms with E-state index in [1.165, 1.54) is 18.2 Å². The third-order valence-corrected chi connectivity index (χ3v) is 3.65. The molecule has 3 aromatic rings. The molecule has 0 aliphatic carbocycles. The number of nitrogens with zero attached hydrogens (tertiary/aromatic N) is 1. The largest absolute Gasteiger partial charge is 0.507 e. The highest BCUT2D eigenvalue weighted by atomic mass is 35.5. The van der Waals surface area contributed by atoms with Gasteiger partial charge in [-0.25, -0.2) is 0 Å². The maximum atomic E-state index is 12.2. The van der Waals surface area contributed by atoms with Gasteiger partial charge in [0, 0.05) is 11.1 Å². The van der Waals surface area contributed by atoms with Gasteiger partial charge in [-0.3, -0.25) is 4.79 Å². The van der Waals surface area contributed by atoms with Gasteiger partial charge in [0.05, 0.1) is 16.3 Å². The molecule has 5 nitrogen and oxygen atoms in total. The van der Waals surface area contributed by atoms with Crippen molar-refractivity contribution >= 4 is 34.8 Å². The number of anilines is 1. The summed E-state index contributed by atoms with van der Waals surface area (Å²) in [4.78, 5) is 12.2. The average Bonchev–Trinajstić information content (AvgIpc) is 3.01. The Morgan fingerprint density at radius 2 is 1.91 bits per heavy atom. The van der Waals surface area contributed by atoms with E-state index in [2.05, 4.69) is 10.5 Å². The lowest BCUT2D eigenvalue weighted by Gasteiger charge is -2.05. The average molecular weight is 349 g/mol. The lowest BCUT2D eigenvalue weighted by Crippen LogP contribution is -2.12. The van der Waals surface area contributed by atoms with Gasteiger partial charge in [0.25, 0.3) is 5.91 Å². The SMILES string of the molecule is O=C(Nc1cc(Cl)ccc1Cl)c1cc(-c2ccccc2O)on1. The van der Waals surface area contributed by atoms with Gasteiger partial charge in [0.15, 0.2) is 11.5 Å². The van der Waals surface area contributed by atoms with Crippen molar-refractivity contribution in [1.29, 1.82) is 0 Å². The van der Waals surface area contributed by atoms with Crippen LogP contribution in [0.15, 0.2) is 53.1 Å². The summed E-state index contributed by atoms with van der Waals surface area (Å²) in [6, 6.07) is 12.8. The summed E-state index contributed by atoms with van der Waals surface area (Å²) in [5.41, 5.74) is 0.871. The van der Waals surface area contributed by atoms with Crippen molar-refractivity contribution in [2.24, 2.45) is 0 Å². The molecule has 2 N–H and O–H groups in total. The quantitative estimate of drug-likeness (QED) is 0.724. The van der Waals surface area contributed by atoms with Gasteiger partial charge >= 0.3 is 0 Å². The molecule has 116 valence electrons. The second-order valence-electron chi connectivity index (χ2n) is 4.67. The molecule has 7 heteroatoms. The number of carbonyl (C=O) groups is 1. The number of nitrogens with one attached hydrogen (secondary N) is 1. The van der Waals surface area contributed by atoms with Crippen molar-refractivity contribution in [2.45, 2.75) is 0 Å². The predicted octanol–water partition coefficient (Wildman–Crippen LogP) is 4.61. The molecular weight excluding hydrogens is 339 g/mol. The molecular formula is C16H10Cl2N2O3. The van der Waals surface area contributed by atoms with E-state index in [0.717, 1.165) is 0 Å². The smallest absolute Gasteiger partial charge is 0.277 e. The second kappa shape index (κ2) is 6.32. The number of hydrogen-bond donors (Lipinski definition) is 2. The van der Waals surface area contributed by atoms with Crippen molar-refractivity contribution in [3.63, 3.8) is 0 Å². The Labute approximate surface area is 141 Å². The molecule has 0 spiro atoms. The number of rotatable bonds is 3. The van der Waals surface area contributed by atoms with Crippen LogP contribution in [0.5, 0.6) is 5.75 Å². The van der Waals surface area contributed by atoms with Crippen LogP contribution >= 0.6 is 23.2 Å². The van der Waals surface area contributed by atoms with Crippen LogP contribution in [0.4, 0.5) is 5.69 Å². The molecule has 1 amide bonds. The number of phenolic OH excluding ortho intramolecular Hbond substituents is 1. The standard InChI is InChI=1S/C16H10Cl2N2O3/c17-9-5-6-11(18)12(7-9)19-16(22)13-8-15(23-20-13)10-3-1-2-4-14(10)21/h1-8,21H,(H,19,22). The fourth-order valence-corrected chi connectivity index (χ4v) is 2.31. The maximum Gasteiger partial charge on any atom is 0.277 e. The molecule has 0 aliphatic heterocycles. The Hall–Kier alpha value is -2.50. The second-order valence-corrected chi connectivity index (χ2v) is 5.52. The molecule has 0 saturated heterocycles. The Bertz CT molecular complexity index is 877. The van der Waals surface area contributed by atoms with Gasteiger partial charge in [0.1, 0.15) is 5.75 Å². The van der Waals surface area contributed by atoms with Crippen LogP contribution in [0.3, 0.4) is 0 Å². The molecule has 0 atom stereocenters. The Morgan fingerprint density at radius 3 is 2.70 bits per heavy atom. The summed E-state index contributed by atoms with van der Waals surface area (Å²) in [6.07, 6.45) is 0. The van der Waals surface area contributed by atoms with Crippen molar-refractivity contribution in [3.05, 3.63) is 64.3 Å². The number of aromatic hydroxyl groups is 1. The molecule has 0 radical (unpaired) electrons. The van der Waals surface area contributed by atoms with Crippen molar-refractivity contribution in [1.82, 2.24) is 5.16 Å². The molecule has 2 aromatic carbocycles. The number of amides is 1. The van der Waals surface area contributed by atoms with E-state index in [1.807, 2.05) is 0 Å². The maximum absolute atomic E-state index is 12.2. The molecule has 0 fully saturated rings. The summed E-state index contributed by atoms with van der Waals surface area (Å²) in [5, 5.41) is 16.9. The Balaban J connectivity index is 1.84. The van der Waals surface area contributed by atoms with E-state index < -0.39 is 5.91 Å². The molecule has 0 unspecified atom stereocenters. The van der Waals surface area contributed by atoms with Crippen molar-refractivity contribution in [2.75, 3.05) is 5.32 Å². The zero-order valence-electron chi connectivity index (χ0n) is 11.6. The highest BCUT2D eigenvalue weighted by Gasteiger charge is 2.16. The first-order valence-electron chi connectivity index (χ1n) is 6.56.